The quantitative estimate of drug-likeness (QED) is 0.328. The Bertz CT molecular complexity index is 392. The highest BCUT2D eigenvalue weighted by molar-refractivity contribution is 14.1. The molecule has 0 aromatic heterocycles. The summed E-state index contributed by atoms with van der Waals surface area (Å²) in [5, 5.41) is 0. The molecule has 0 saturated carbocycles. The van der Waals surface area contributed by atoms with Crippen molar-refractivity contribution in [3.05, 3.63) is 0 Å². The van der Waals surface area contributed by atoms with Crippen molar-refractivity contribution in [3.8, 4) is 0 Å². The lowest BCUT2D eigenvalue weighted by molar-refractivity contribution is -0.158. The van der Waals surface area contributed by atoms with Crippen molar-refractivity contribution in [1.29, 1.82) is 0 Å². The van der Waals surface area contributed by atoms with Gasteiger partial charge in [-0.05, 0) is 47.0 Å². The van der Waals surface area contributed by atoms with E-state index in [1.54, 1.807) is 0 Å². The molecule has 2 saturated heterocycles. The summed E-state index contributed by atoms with van der Waals surface area (Å²) in [4.78, 5) is 19.5. The van der Waals surface area contributed by atoms with Crippen LogP contribution in [0.15, 0.2) is 0 Å². The smallest absolute Gasteiger partial charge is 0.311 e. The van der Waals surface area contributed by atoms with Crippen LogP contribution in [0.25, 0.3) is 0 Å². The van der Waals surface area contributed by atoms with Crippen LogP contribution >= 0.6 is 22.9 Å². The van der Waals surface area contributed by atoms with Gasteiger partial charge in [-0.15, -0.1) is 0 Å². The molecule has 2 rings (SSSR count). The van der Waals surface area contributed by atoms with Crippen LogP contribution in [0.4, 0.5) is 0 Å². The van der Waals surface area contributed by atoms with Crippen LogP contribution in [-0.2, 0) is 9.53 Å². The summed E-state index contributed by atoms with van der Waals surface area (Å²) < 4.78 is 7.85. The number of halogens is 1. The normalized spacial score (nSPS) is 23.5. The Labute approximate surface area is 160 Å². The number of likely N-dealkylation sites (tertiary alicyclic amines) is 1. The van der Waals surface area contributed by atoms with Gasteiger partial charge in [-0.3, -0.25) is 9.69 Å². The van der Waals surface area contributed by atoms with Crippen molar-refractivity contribution in [2.24, 2.45) is 5.41 Å². The molecular formula is C17H33IN4O2. The molecule has 6 nitrogen and oxygen atoms in total. The average molecular weight is 452 g/mol. The Hall–Kier alpha value is 0.0400. The first kappa shape index (κ1) is 20.4. The fraction of sp³-hybridized carbons (Fsp3) is 0.941. The van der Waals surface area contributed by atoms with E-state index >= 15 is 0 Å². The zero-order valence-electron chi connectivity index (χ0n) is 15.5. The lowest BCUT2D eigenvalue weighted by Gasteiger charge is -2.39. The van der Waals surface area contributed by atoms with Crippen molar-refractivity contribution in [2.75, 3.05) is 79.6 Å². The van der Waals surface area contributed by atoms with Gasteiger partial charge in [0.2, 0.25) is 0 Å². The maximum absolute atomic E-state index is 12.4. The number of likely N-dealkylation sites (N-methyl/N-ethyl adjacent to an activating group) is 1. The Morgan fingerprint density at radius 3 is 2.12 bits per heavy atom. The number of carbonyl (C=O) groups is 1. The summed E-state index contributed by atoms with van der Waals surface area (Å²) in [5.41, 5.74) is -0.296. The summed E-state index contributed by atoms with van der Waals surface area (Å²) in [6.45, 7) is 12.3. The molecule has 0 aromatic carbocycles. The van der Waals surface area contributed by atoms with E-state index in [1.165, 1.54) is 13.1 Å². The second-order valence-electron chi connectivity index (χ2n) is 7.59. The first-order valence-corrected chi connectivity index (χ1v) is 10.0. The van der Waals surface area contributed by atoms with Crippen LogP contribution in [0.3, 0.4) is 0 Å². The Balaban J connectivity index is 1.65. The van der Waals surface area contributed by atoms with E-state index in [1.807, 2.05) is 19.0 Å². The van der Waals surface area contributed by atoms with Gasteiger partial charge in [0.05, 0.1) is 5.41 Å². The van der Waals surface area contributed by atoms with Crippen LogP contribution in [0, 0.1) is 5.41 Å². The lowest BCUT2D eigenvalue weighted by Crippen LogP contribution is -2.48. The van der Waals surface area contributed by atoms with E-state index in [2.05, 4.69) is 42.7 Å². The second-order valence-corrected chi connectivity index (χ2v) is 8.96. The number of esters is 1. The first-order chi connectivity index (χ1) is 11.4. The van der Waals surface area contributed by atoms with E-state index in [0.29, 0.717) is 6.61 Å². The third kappa shape index (κ3) is 6.40. The van der Waals surface area contributed by atoms with Crippen molar-refractivity contribution < 1.29 is 9.53 Å². The van der Waals surface area contributed by atoms with Gasteiger partial charge in [-0.25, -0.2) is 3.11 Å². The van der Waals surface area contributed by atoms with Gasteiger partial charge in [-0.1, -0.05) is 0 Å². The molecule has 0 aliphatic carbocycles. The lowest BCUT2D eigenvalue weighted by atomic mass is 9.80. The highest BCUT2D eigenvalue weighted by Crippen LogP contribution is 2.32. The summed E-state index contributed by atoms with van der Waals surface area (Å²) in [6, 6.07) is 0. The fourth-order valence-electron chi connectivity index (χ4n) is 3.20. The minimum Gasteiger partial charge on any atom is -0.464 e. The molecule has 7 heteroatoms. The summed E-state index contributed by atoms with van der Waals surface area (Å²) in [7, 11) is 3.99. The monoisotopic (exact) mass is 452 g/mol. The minimum absolute atomic E-state index is 0.0119. The molecule has 2 heterocycles. The van der Waals surface area contributed by atoms with Crippen LogP contribution in [-0.4, -0.2) is 103 Å². The summed E-state index contributed by atoms with van der Waals surface area (Å²) in [6.07, 6.45) is 1.82. The van der Waals surface area contributed by atoms with E-state index in [9.17, 15) is 4.79 Å². The molecule has 0 amide bonds. The molecule has 2 fully saturated rings. The van der Waals surface area contributed by atoms with Crippen LogP contribution in [0.5, 0.6) is 0 Å². The molecule has 0 unspecified atom stereocenters. The predicted molar refractivity (Wildman–Crippen MR) is 105 cm³/mol. The molecule has 0 N–H and O–H groups in total. The van der Waals surface area contributed by atoms with Gasteiger partial charge >= 0.3 is 5.97 Å². The van der Waals surface area contributed by atoms with Crippen molar-refractivity contribution in [2.45, 2.75) is 19.8 Å². The van der Waals surface area contributed by atoms with Gasteiger partial charge in [0, 0.05) is 68.7 Å². The maximum Gasteiger partial charge on any atom is 0.311 e. The third-order valence-electron chi connectivity index (χ3n) is 5.27. The molecule has 24 heavy (non-hydrogen) atoms. The zero-order valence-corrected chi connectivity index (χ0v) is 17.6. The van der Waals surface area contributed by atoms with Gasteiger partial charge in [-0.2, -0.15) is 0 Å². The standard InChI is InChI=1S/C17H33IN4O2/c1-17(16(23)24-15-14-19(2)3)4-6-20(7-5-17)8-9-21-10-12-22(18)13-11-21/h4-15H2,1-3H3. The number of nitrogens with zero attached hydrogens (tertiary/aromatic N) is 4. The third-order valence-corrected chi connectivity index (χ3v) is 6.24. The molecule has 2 aliphatic rings. The molecule has 2 aliphatic heterocycles. The van der Waals surface area contributed by atoms with Gasteiger partial charge in [0.1, 0.15) is 6.61 Å². The van der Waals surface area contributed by atoms with E-state index in [0.717, 1.165) is 58.7 Å². The summed E-state index contributed by atoms with van der Waals surface area (Å²) >= 11 is 2.41. The van der Waals surface area contributed by atoms with Gasteiger partial charge in [0.15, 0.2) is 0 Å². The fourth-order valence-corrected chi connectivity index (χ4v) is 3.63. The molecular weight excluding hydrogens is 419 g/mol. The largest absolute Gasteiger partial charge is 0.464 e. The number of piperazine rings is 1. The summed E-state index contributed by atoms with van der Waals surface area (Å²) in [5.74, 6) is -0.0119. The van der Waals surface area contributed by atoms with Crippen LogP contribution < -0.4 is 0 Å². The highest BCUT2D eigenvalue weighted by Gasteiger charge is 2.38. The molecule has 0 bridgehead atoms. The van der Waals surface area contributed by atoms with E-state index in [4.69, 9.17) is 4.74 Å². The number of rotatable bonds is 7. The Morgan fingerprint density at radius 1 is 1.04 bits per heavy atom. The van der Waals surface area contributed by atoms with Crippen molar-refractivity contribution >= 4 is 28.8 Å². The number of piperidine rings is 1. The van der Waals surface area contributed by atoms with Crippen molar-refractivity contribution in [3.63, 3.8) is 0 Å². The van der Waals surface area contributed by atoms with E-state index in [-0.39, 0.29) is 11.4 Å². The van der Waals surface area contributed by atoms with Gasteiger partial charge in [0.25, 0.3) is 0 Å². The predicted octanol–water partition coefficient (Wildman–Crippen LogP) is 1.16. The zero-order chi connectivity index (χ0) is 17.6. The maximum atomic E-state index is 12.4. The first-order valence-electron chi connectivity index (χ1n) is 9.06. The number of hydrogen-bond donors (Lipinski definition) is 0. The number of ether oxygens (including phenoxy) is 1. The highest BCUT2D eigenvalue weighted by atomic mass is 127. The Kier molecular flexibility index (Phi) is 8.19. The second kappa shape index (κ2) is 9.66. The number of carbonyl (C=O) groups excluding carboxylic acids is 1. The van der Waals surface area contributed by atoms with Crippen molar-refractivity contribution in [1.82, 2.24) is 17.8 Å². The average Bonchev–Trinajstić information content (AvgIpc) is 2.55. The Morgan fingerprint density at radius 2 is 1.58 bits per heavy atom. The SMILES string of the molecule is CN(C)CCOC(=O)C1(C)CCN(CCN2CCN(I)CC2)CC1. The number of hydrogen-bond acceptors (Lipinski definition) is 6. The van der Waals surface area contributed by atoms with Crippen LogP contribution in [0.2, 0.25) is 0 Å². The molecule has 0 spiro atoms. The topological polar surface area (TPSA) is 39.3 Å². The molecule has 140 valence electrons. The van der Waals surface area contributed by atoms with E-state index < -0.39 is 0 Å². The minimum atomic E-state index is -0.296. The van der Waals surface area contributed by atoms with Crippen LogP contribution in [0.1, 0.15) is 19.8 Å². The molecule has 0 radical (unpaired) electrons. The molecule has 0 aromatic rings. The van der Waals surface area contributed by atoms with Gasteiger partial charge < -0.3 is 14.5 Å². The molecule has 0 atom stereocenters.